The lowest BCUT2D eigenvalue weighted by Crippen LogP contribution is -2.58. The van der Waals surface area contributed by atoms with Crippen LogP contribution in [0.25, 0.3) is 0 Å². The van der Waals surface area contributed by atoms with Crippen molar-refractivity contribution in [1.82, 2.24) is 4.72 Å². The van der Waals surface area contributed by atoms with Crippen LogP contribution in [0.2, 0.25) is 0 Å². The van der Waals surface area contributed by atoms with Gasteiger partial charge in [-0.05, 0) is 43.0 Å². The van der Waals surface area contributed by atoms with Crippen molar-refractivity contribution < 1.29 is 13.2 Å². The quantitative estimate of drug-likeness (QED) is 0.734. The Morgan fingerprint density at radius 2 is 1.92 bits per heavy atom. The Balaban J connectivity index is 0.00000288. The van der Waals surface area contributed by atoms with Crippen LogP contribution in [0.4, 0.5) is 5.69 Å². The van der Waals surface area contributed by atoms with Crippen LogP contribution in [0.15, 0.2) is 29.2 Å². The van der Waals surface area contributed by atoms with Crippen molar-refractivity contribution >= 4 is 34.0 Å². The maximum atomic E-state index is 12.7. The molecule has 2 rings (SSSR count). The minimum Gasteiger partial charge on any atom is -0.329 e. The van der Waals surface area contributed by atoms with Gasteiger partial charge in [0.15, 0.2) is 0 Å². The van der Waals surface area contributed by atoms with E-state index in [0.717, 1.165) is 25.7 Å². The maximum absolute atomic E-state index is 12.7. The highest BCUT2D eigenvalue weighted by Gasteiger charge is 2.40. The van der Waals surface area contributed by atoms with Crippen LogP contribution in [-0.2, 0) is 14.8 Å². The van der Waals surface area contributed by atoms with Gasteiger partial charge in [0.05, 0.1) is 4.90 Å². The summed E-state index contributed by atoms with van der Waals surface area (Å²) in [6.07, 6.45) is 3.82. The number of benzene rings is 1. The van der Waals surface area contributed by atoms with Gasteiger partial charge < -0.3 is 11.1 Å². The zero-order valence-electron chi connectivity index (χ0n) is 14.0. The smallest absolute Gasteiger partial charge is 0.241 e. The van der Waals surface area contributed by atoms with Crippen LogP contribution >= 0.6 is 12.4 Å². The minimum atomic E-state index is -3.65. The molecule has 0 radical (unpaired) electrons. The lowest BCUT2D eigenvalue weighted by molar-refractivity contribution is -0.114. The third-order valence-corrected chi connectivity index (χ3v) is 6.21. The number of anilines is 1. The molecule has 0 saturated heterocycles. The lowest BCUT2D eigenvalue weighted by atomic mass is 9.74. The number of amides is 1. The molecule has 8 heteroatoms. The van der Waals surface area contributed by atoms with Crippen LogP contribution in [0.1, 0.15) is 39.5 Å². The van der Waals surface area contributed by atoms with Crippen molar-refractivity contribution in [3.8, 4) is 0 Å². The summed E-state index contributed by atoms with van der Waals surface area (Å²) in [6, 6.07) is 6.14. The average molecular weight is 376 g/mol. The normalized spacial score (nSPS) is 24.0. The number of carbonyl (C=O) groups is 1. The molecule has 6 nitrogen and oxygen atoms in total. The fourth-order valence-corrected chi connectivity index (χ4v) is 4.69. The van der Waals surface area contributed by atoms with E-state index < -0.39 is 15.6 Å². The number of carbonyl (C=O) groups excluding carboxylic acids is 1. The lowest BCUT2D eigenvalue weighted by Gasteiger charge is -2.42. The molecule has 1 aliphatic carbocycles. The van der Waals surface area contributed by atoms with Gasteiger partial charge in [0.25, 0.3) is 0 Å². The molecule has 1 aromatic rings. The van der Waals surface area contributed by atoms with Gasteiger partial charge in [0.1, 0.15) is 0 Å². The fraction of sp³-hybridized carbons (Fsp3) is 0.562. The fourth-order valence-electron chi connectivity index (χ4n) is 3.16. The van der Waals surface area contributed by atoms with E-state index in [1.54, 1.807) is 12.1 Å². The summed E-state index contributed by atoms with van der Waals surface area (Å²) in [5.41, 5.74) is 5.91. The van der Waals surface area contributed by atoms with Crippen LogP contribution in [0.5, 0.6) is 0 Å². The highest BCUT2D eigenvalue weighted by atomic mass is 35.5. The summed E-state index contributed by atoms with van der Waals surface area (Å²) in [5, 5.41) is 2.62. The molecule has 1 aliphatic rings. The zero-order valence-corrected chi connectivity index (χ0v) is 15.7. The van der Waals surface area contributed by atoms with Gasteiger partial charge in [-0.2, -0.15) is 0 Å². The largest absolute Gasteiger partial charge is 0.329 e. The van der Waals surface area contributed by atoms with Crippen molar-refractivity contribution in [2.45, 2.75) is 50.0 Å². The van der Waals surface area contributed by atoms with Crippen LogP contribution < -0.4 is 15.8 Å². The van der Waals surface area contributed by atoms with Gasteiger partial charge in [-0.3, -0.25) is 4.79 Å². The van der Waals surface area contributed by atoms with E-state index >= 15 is 0 Å². The third kappa shape index (κ3) is 4.69. The molecule has 2 atom stereocenters. The van der Waals surface area contributed by atoms with E-state index in [0.29, 0.717) is 5.69 Å². The van der Waals surface area contributed by atoms with E-state index in [9.17, 15) is 13.2 Å². The Morgan fingerprint density at radius 1 is 1.29 bits per heavy atom. The molecule has 0 aliphatic heterocycles. The van der Waals surface area contributed by atoms with Gasteiger partial charge in [0, 0.05) is 24.7 Å². The predicted molar refractivity (Wildman–Crippen MR) is 97.7 cm³/mol. The molecule has 136 valence electrons. The van der Waals surface area contributed by atoms with Crippen molar-refractivity contribution in [3.63, 3.8) is 0 Å². The van der Waals surface area contributed by atoms with Crippen LogP contribution in [0.3, 0.4) is 0 Å². The molecule has 1 saturated carbocycles. The first-order chi connectivity index (χ1) is 10.8. The highest BCUT2D eigenvalue weighted by Crippen LogP contribution is 2.34. The van der Waals surface area contributed by atoms with Gasteiger partial charge >= 0.3 is 0 Å². The Kier molecular flexibility index (Phi) is 7.22. The van der Waals surface area contributed by atoms with E-state index in [1.165, 1.54) is 19.1 Å². The van der Waals surface area contributed by atoms with Gasteiger partial charge in [-0.15, -0.1) is 12.4 Å². The number of nitrogens with two attached hydrogens (primary N) is 1. The number of sulfonamides is 1. The van der Waals surface area contributed by atoms with Crippen molar-refractivity contribution in [1.29, 1.82) is 0 Å². The number of hydrogen-bond donors (Lipinski definition) is 3. The molecule has 1 amide bonds. The molecule has 24 heavy (non-hydrogen) atoms. The predicted octanol–water partition coefficient (Wildman–Crippen LogP) is 2.25. The summed E-state index contributed by atoms with van der Waals surface area (Å²) in [4.78, 5) is 11.2. The molecular weight excluding hydrogens is 350 g/mol. The van der Waals surface area contributed by atoms with E-state index in [2.05, 4.69) is 17.0 Å². The van der Waals surface area contributed by atoms with E-state index in [-0.39, 0.29) is 35.7 Å². The molecular formula is C16H26ClN3O3S. The van der Waals surface area contributed by atoms with Gasteiger partial charge in [-0.1, -0.05) is 19.8 Å². The molecule has 2 unspecified atom stereocenters. The average Bonchev–Trinajstić information content (AvgIpc) is 2.49. The summed E-state index contributed by atoms with van der Waals surface area (Å²) >= 11 is 0. The van der Waals surface area contributed by atoms with Gasteiger partial charge in [-0.25, -0.2) is 13.1 Å². The zero-order chi connectivity index (χ0) is 17.1. The number of rotatable bonds is 5. The Bertz CT molecular complexity index is 664. The Labute approximate surface area is 150 Å². The third-order valence-electron chi connectivity index (χ3n) is 4.64. The monoisotopic (exact) mass is 375 g/mol. The molecule has 1 fully saturated rings. The van der Waals surface area contributed by atoms with E-state index in [4.69, 9.17) is 5.73 Å². The first-order valence-electron chi connectivity index (χ1n) is 7.91. The Morgan fingerprint density at radius 3 is 2.42 bits per heavy atom. The van der Waals surface area contributed by atoms with Crippen molar-refractivity contribution in [3.05, 3.63) is 24.3 Å². The highest BCUT2D eigenvalue weighted by molar-refractivity contribution is 7.89. The maximum Gasteiger partial charge on any atom is 0.241 e. The SMILES string of the molecule is CC(=O)Nc1ccc(S(=O)(=O)NC2(CN)CCCCC2C)cc1.Cl. The standard InChI is InChI=1S/C16H25N3O3S.ClH/c1-12-5-3-4-10-16(12,11-17)19-23(21,22)15-8-6-14(7-9-15)18-13(2)20;/h6-9,12,19H,3-5,10-11,17H2,1-2H3,(H,18,20);1H. The van der Waals surface area contributed by atoms with Gasteiger partial charge in [0.2, 0.25) is 15.9 Å². The molecule has 1 aromatic carbocycles. The number of halogens is 1. The second-order valence-corrected chi connectivity index (χ2v) is 8.00. The number of hydrogen-bond acceptors (Lipinski definition) is 4. The molecule has 0 spiro atoms. The summed E-state index contributed by atoms with van der Waals surface area (Å²) < 4.78 is 28.2. The Hall–Kier alpha value is -1.15. The van der Waals surface area contributed by atoms with E-state index in [1.807, 2.05) is 0 Å². The molecule has 4 N–H and O–H groups in total. The first-order valence-corrected chi connectivity index (χ1v) is 9.39. The second kappa shape index (κ2) is 8.29. The molecule has 0 aromatic heterocycles. The summed E-state index contributed by atoms with van der Waals surface area (Å²) in [6.45, 7) is 3.74. The van der Waals surface area contributed by atoms with Crippen LogP contribution in [-0.4, -0.2) is 26.4 Å². The van der Waals surface area contributed by atoms with Crippen LogP contribution in [0, 0.1) is 5.92 Å². The number of nitrogens with one attached hydrogen (secondary N) is 2. The second-order valence-electron chi connectivity index (χ2n) is 6.32. The van der Waals surface area contributed by atoms with Crippen molar-refractivity contribution in [2.75, 3.05) is 11.9 Å². The summed E-state index contributed by atoms with van der Waals surface area (Å²) in [5.74, 6) is 0.00604. The molecule has 0 heterocycles. The first kappa shape index (κ1) is 20.9. The molecule has 0 bridgehead atoms. The summed E-state index contributed by atoms with van der Waals surface area (Å²) in [7, 11) is -3.65. The van der Waals surface area contributed by atoms with Crippen molar-refractivity contribution in [2.24, 2.45) is 11.7 Å². The topological polar surface area (TPSA) is 101 Å². The minimum absolute atomic E-state index is 0.